The molecule has 0 saturated heterocycles. The van der Waals surface area contributed by atoms with Crippen LogP contribution >= 0.6 is 0 Å². The van der Waals surface area contributed by atoms with E-state index in [4.69, 9.17) is 19.4 Å². The van der Waals surface area contributed by atoms with E-state index in [9.17, 15) is 0 Å². The topological polar surface area (TPSA) is 51.8 Å². The molecule has 12 rings (SSSR count). The second-order valence-corrected chi connectivity index (χ2v) is 15.5. The Bertz CT molecular complexity index is 3530. The summed E-state index contributed by atoms with van der Waals surface area (Å²) in [5.74, 6) is 1.80. The zero-order valence-corrected chi connectivity index (χ0v) is 33.0. The first-order valence-corrected chi connectivity index (χ1v) is 20.6. The van der Waals surface area contributed by atoms with Crippen LogP contribution in [0.25, 0.3) is 122 Å². The second kappa shape index (κ2) is 14.3. The number of hydrogen-bond acceptors (Lipinski definition) is 4. The van der Waals surface area contributed by atoms with Crippen LogP contribution in [0.2, 0.25) is 0 Å². The lowest BCUT2D eigenvalue weighted by atomic mass is 9.91. The third kappa shape index (κ3) is 5.88. The van der Waals surface area contributed by atoms with Gasteiger partial charge in [0.05, 0.1) is 0 Å². The predicted molar refractivity (Wildman–Crippen MR) is 252 cm³/mol. The number of nitrogens with zero attached hydrogens (tertiary/aromatic N) is 3. The molecule has 0 fully saturated rings. The average Bonchev–Trinajstić information content (AvgIpc) is 3.74. The Morgan fingerprint density at radius 1 is 0.246 bits per heavy atom. The van der Waals surface area contributed by atoms with Crippen molar-refractivity contribution in [3.8, 4) is 67.5 Å². The lowest BCUT2D eigenvalue weighted by Gasteiger charge is -2.13. The van der Waals surface area contributed by atoms with Gasteiger partial charge in [0.15, 0.2) is 17.5 Å². The van der Waals surface area contributed by atoms with E-state index in [2.05, 4.69) is 152 Å². The number of fused-ring (bicyclic) bond motifs is 9. The molecule has 0 aliphatic heterocycles. The fraction of sp³-hybridized carbons (Fsp3) is 0. The van der Waals surface area contributed by atoms with Gasteiger partial charge in [-0.05, 0) is 84.9 Å². The number of furan rings is 1. The van der Waals surface area contributed by atoms with Crippen LogP contribution in [0.5, 0.6) is 0 Å². The SMILES string of the molecule is c1ccc(-c2cc(-c3ccccc3)c3oc4c(-c5ccc6c7ccccc7c7ccccc7c6c5)ccc(-c5nc(-c6ccccc6)nc(-c6ccccc6)n5)c4c3c2)cc1. The maximum atomic E-state index is 7.30. The van der Waals surface area contributed by atoms with E-state index in [0.717, 1.165) is 72.0 Å². The van der Waals surface area contributed by atoms with Crippen LogP contribution in [0.3, 0.4) is 0 Å². The van der Waals surface area contributed by atoms with Crippen molar-refractivity contribution in [2.24, 2.45) is 0 Å². The summed E-state index contributed by atoms with van der Waals surface area (Å²) in [6, 6.07) is 74.5. The van der Waals surface area contributed by atoms with Gasteiger partial charge in [-0.2, -0.15) is 0 Å². The summed E-state index contributed by atoms with van der Waals surface area (Å²) in [5, 5.41) is 9.34. The van der Waals surface area contributed by atoms with Gasteiger partial charge in [0.2, 0.25) is 0 Å². The van der Waals surface area contributed by atoms with Crippen LogP contribution in [-0.4, -0.2) is 15.0 Å². The van der Waals surface area contributed by atoms with E-state index in [1.807, 2.05) is 60.7 Å². The van der Waals surface area contributed by atoms with Crippen LogP contribution in [0.4, 0.5) is 0 Å². The first-order valence-electron chi connectivity index (χ1n) is 20.6. The number of aromatic nitrogens is 3. The van der Waals surface area contributed by atoms with Gasteiger partial charge in [0.1, 0.15) is 11.2 Å². The van der Waals surface area contributed by atoms with E-state index in [1.54, 1.807) is 0 Å². The highest BCUT2D eigenvalue weighted by atomic mass is 16.3. The molecule has 0 N–H and O–H groups in total. The molecule has 2 heterocycles. The molecule has 12 aromatic rings. The van der Waals surface area contributed by atoms with Crippen molar-refractivity contribution in [2.75, 3.05) is 0 Å². The third-order valence-corrected chi connectivity index (χ3v) is 11.9. The summed E-state index contributed by atoms with van der Waals surface area (Å²) in [6.07, 6.45) is 0. The first kappa shape index (κ1) is 34.8. The van der Waals surface area contributed by atoms with Crippen molar-refractivity contribution in [1.29, 1.82) is 0 Å². The zero-order chi connectivity index (χ0) is 40.3. The highest BCUT2D eigenvalue weighted by molar-refractivity contribution is 6.26. The molecule has 0 bridgehead atoms. The van der Waals surface area contributed by atoms with Crippen molar-refractivity contribution in [3.63, 3.8) is 0 Å². The van der Waals surface area contributed by atoms with Crippen LogP contribution in [0.15, 0.2) is 217 Å². The maximum Gasteiger partial charge on any atom is 0.164 e. The molecule has 10 aromatic carbocycles. The van der Waals surface area contributed by atoms with Gasteiger partial charge in [-0.25, -0.2) is 15.0 Å². The van der Waals surface area contributed by atoms with E-state index < -0.39 is 0 Å². The lowest BCUT2D eigenvalue weighted by Crippen LogP contribution is -2.00. The van der Waals surface area contributed by atoms with Gasteiger partial charge in [0.25, 0.3) is 0 Å². The van der Waals surface area contributed by atoms with Gasteiger partial charge in [-0.15, -0.1) is 0 Å². The minimum Gasteiger partial charge on any atom is -0.455 e. The first-order chi connectivity index (χ1) is 30.2. The second-order valence-electron chi connectivity index (χ2n) is 15.5. The monoisotopic (exact) mass is 777 g/mol. The van der Waals surface area contributed by atoms with Crippen molar-refractivity contribution < 1.29 is 4.42 Å². The highest BCUT2D eigenvalue weighted by Gasteiger charge is 2.24. The summed E-state index contributed by atoms with van der Waals surface area (Å²) in [6.45, 7) is 0. The standard InChI is InChI=1S/C57H35N3O/c1-5-17-36(18-6-1)41-34-49(37-19-7-2-8-20-37)53-51(35-41)52-48(57-59-55(38-21-9-3-10-22-38)58-56(60-57)39-23-11-4-12-24-39)32-31-42(54(52)61-53)40-29-30-47-45-27-14-13-25-43(45)44-26-15-16-28-46(44)50(47)33-40/h1-35H. The molecule has 4 nitrogen and oxygen atoms in total. The van der Waals surface area contributed by atoms with E-state index in [-0.39, 0.29) is 0 Å². The summed E-state index contributed by atoms with van der Waals surface area (Å²) < 4.78 is 7.30. The van der Waals surface area contributed by atoms with Gasteiger partial charge in [0, 0.05) is 38.6 Å². The molecule has 0 amide bonds. The molecule has 0 saturated carbocycles. The Balaban J connectivity index is 1.19. The Hall–Kier alpha value is -8.21. The van der Waals surface area contributed by atoms with Crippen LogP contribution in [0.1, 0.15) is 0 Å². The van der Waals surface area contributed by atoms with Gasteiger partial charge >= 0.3 is 0 Å². The third-order valence-electron chi connectivity index (χ3n) is 11.9. The fourth-order valence-electron chi connectivity index (χ4n) is 9.03. The molecule has 0 aliphatic carbocycles. The summed E-state index contributed by atoms with van der Waals surface area (Å²) in [5.41, 5.74) is 10.7. The van der Waals surface area contributed by atoms with Gasteiger partial charge in [-0.3, -0.25) is 0 Å². The molecule has 61 heavy (non-hydrogen) atoms. The molecule has 0 radical (unpaired) electrons. The Labute approximate surface area is 352 Å². The molecule has 0 aliphatic rings. The van der Waals surface area contributed by atoms with Crippen LogP contribution in [-0.2, 0) is 0 Å². The maximum absolute atomic E-state index is 7.30. The molecule has 4 heteroatoms. The molecule has 0 unspecified atom stereocenters. The van der Waals surface area contributed by atoms with Crippen molar-refractivity contribution in [1.82, 2.24) is 15.0 Å². The zero-order valence-electron chi connectivity index (χ0n) is 33.0. The Kier molecular flexibility index (Phi) is 8.13. The number of benzene rings is 10. The molecule has 284 valence electrons. The van der Waals surface area contributed by atoms with Crippen molar-refractivity contribution >= 4 is 54.3 Å². The summed E-state index contributed by atoms with van der Waals surface area (Å²) >= 11 is 0. The molecule has 0 spiro atoms. The van der Waals surface area contributed by atoms with Crippen molar-refractivity contribution in [3.05, 3.63) is 212 Å². The highest BCUT2D eigenvalue weighted by Crippen LogP contribution is 2.47. The number of rotatable bonds is 6. The molecular formula is C57H35N3O. The van der Waals surface area contributed by atoms with Crippen LogP contribution in [0, 0.1) is 0 Å². The van der Waals surface area contributed by atoms with Crippen LogP contribution < -0.4 is 0 Å². The molecule has 0 atom stereocenters. The van der Waals surface area contributed by atoms with E-state index >= 15 is 0 Å². The van der Waals surface area contributed by atoms with Crippen molar-refractivity contribution in [2.45, 2.75) is 0 Å². The molecule has 2 aromatic heterocycles. The van der Waals surface area contributed by atoms with E-state index in [0.29, 0.717) is 17.5 Å². The molecular weight excluding hydrogens is 743 g/mol. The van der Waals surface area contributed by atoms with Gasteiger partial charge < -0.3 is 4.42 Å². The Morgan fingerprint density at radius 3 is 1.26 bits per heavy atom. The lowest BCUT2D eigenvalue weighted by molar-refractivity contribution is 0.671. The summed E-state index contributed by atoms with van der Waals surface area (Å²) in [4.78, 5) is 15.5. The van der Waals surface area contributed by atoms with E-state index in [1.165, 1.54) is 32.3 Å². The summed E-state index contributed by atoms with van der Waals surface area (Å²) in [7, 11) is 0. The van der Waals surface area contributed by atoms with Gasteiger partial charge in [-0.1, -0.05) is 182 Å². The number of hydrogen-bond donors (Lipinski definition) is 0. The minimum atomic E-state index is 0.578. The predicted octanol–water partition coefficient (Wildman–Crippen LogP) is 15.2. The fourth-order valence-corrected chi connectivity index (χ4v) is 9.03. The minimum absolute atomic E-state index is 0.578. The largest absolute Gasteiger partial charge is 0.455 e. The average molecular weight is 778 g/mol. The smallest absolute Gasteiger partial charge is 0.164 e. The quantitative estimate of drug-likeness (QED) is 0.158. The Morgan fingerprint density at radius 2 is 0.689 bits per heavy atom. The normalized spacial score (nSPS) is 11.6.